The first-order valence-electron chi connectivity index (χ1n) is 5.83. The van der Waals surface area contributed by atoms with E-state index in [1.807, 2.05) is 42.9 Å². The molecule has 0 fully saturated rings. The summed E-state index contributed by atoms with van der Waals surface area (Å²) in [6.07, 6.45) is 4.81. The van der Waals surface area contributed by atoms with Crippen LogP contribution in [0.5, 0.6) is 0 Å². The number of rotatable bonds is 4. The maximum atomic E-state index is 12.1. The summed E-state index contributed by atoms with van der Waals surface area (Å²) in [5, 5.41) is 0. The largest absolute Gasteiger partial charge is 0.338 e. The zero-order valence-electron chi connectivity index (χ0n) is 10.5. The number of Topliss-reactive ketones (excluding diaryl/α,β-unsaturated/α-hetero) is 1. The van der Waals surface area contributed by atoms with Gasteiger partial charge in [0.15, 0.2) is 5.78 Å². The van der Waals surface area contributed by atoms with Gasteiger partial charge in [0, 0.05) is 42.3 Å². The number of imidazole rings is 1. The number of halogens is 1. The minimum Gasteiger partial charge on any atom is -0.338 e. The van der Waals surface area contributed by atoms with Crippen LogP contribution in [0.4, 0.5) is 0 Å². The van der Waals surface area contributed by atoms with Gasteiger partial charge in [0.25, 0.3) is 0 Å². The number of hydrogen-bond acceptors (Lipinski definition) is 2. The third-order valence-corrected chi connectivity index (χ3v) is 3.32. The SMILES string of the molecule is Cc1cc(Br)cc(C(=O)CCc2nccn2C)c1. The van der Waals surface area contributed by atoms with Crippen LogP contribution in [0.15, 0.2) is 35.1 Å². The second-order valence-corrected chi connectivity index (χ2v) is 5.31. The predicted octanol–water partition coefficient (Wildman–Crippen LogP) is 3.31. The summed E-state index contributed by atoms with van der Waals surface area (Å²) in [4.78, 5) is 16.3. The maximum absolute atomic E-state index is 12.1. The monoisotopic (exact) mass is 306 g/mol. The number of ketones is 1. The molecule has 0 unspecified atom stereocenters. The third-order valence-electron chi connectivity index (χ3n) is 2.86. The molecule has 2 rings (SSSR count). The average Bonchev–Trinajstić information content (AvgIpc) is 2.70. The molecule has 0 aliphatic carbocycles. The number of aromatic nitrogens is 2. The topological polar surface area (TPSA) is 34.9 Å². The Morgan fingerprint density at radius 2 is 2.17 bits per heavy atom. The molecule has 0 N–H and O–H groups in total. The van der Waals surface area contributed by atoms with Crippen LogP contribution >= 0.6 is 15.9 Å². The van der Waals surface area contributed by atoms with Crippen LogP contribution in [-0.2, 0) is 13.5 Å². The fourth-order valence-electron chi connectivity index (χ4n) is 1.90. The minimum atomic E-state index is 0.155. The Kier molecular flexibility index (Phi) is 3.97. The highest BCUT2D eigenvalue weighted by atomic mass is 79.9. The van der Waals surface area contributed by atoms with Gasteiger partial charge in [0.1, 0.15) is 5.82 Å². The molecule has 0 saturated heterocycles. The highest BCUT2D eigenvalue weighted by molar-refractivity contribution is 9.10. The number of benzene rings is 1. The minimum absolute atomic E-state index is 0.155. The molecule has 0 aliphatic rings. The van der Waals surface area contributed by atoms with E-state index in [9.17, 15) is 4.79 Å². The molecule has 1 aromatic heterocycles. The summed E-state index contributed by atoms with van der Waals surface area (Å²) < 4.78 is 2.89. The van der Waals surface area contributed by atoms with Crippen LogP contribution in [0.2, 0.25) is 0 Å². The highest BCUT2D eigenvalue weighted by Crippen LogP contribution is 2.17. The molecule has 0 spiro atoms. The molecular weight excluding hydrogens is 292 g/mol. The standard InChI is InChI=1S/C14H15BrN2O/c1-10-7-11(9-12(15)8-10)13(18)3-4-14-16-5-6-17(14)2/h5-9H,3-4H2,1-2H3. The molecule has 3 nitrogen and oxygen atoms in total. The van der Waals surface area contributed by atoms with Crippen LogP contribution in [0.25, 0.3) is 0 Å². The van der Waals surface area contributed by atoms with Gasteiger partial charge in [0.05, 0.1) is 0 Å². The number of carbonyl (C=O) groups excluding carboxylic acids is 1. The normalized spacial score (nSPS) is 10.6. The number of aryl methyl sites for hydroxylation is 3. The smallest absolute Gasteiger partial charge is 0.163 e. The van der Waals surface area contributed by atoms with Crippen molar-refractivity contribution >= 4 is 21.7 Å². The van der Waals surface area contributed by atoms with Crippen molar-refractivity contribution in [3.8, 4) is 0 Å². The quantitative estimate of drug-likeness (QED) is 0.812. The maximum Gasteiger partial charge on any atom is 0.163 e. The van der Waals surface area contributed by atoms with Crippen LogP contribution in [-0.4, -0.2) is 15.3 Å². The van der Waals surface area contributed by atoms with Crippen molar-refractivity contribution in [2.75, 3.05) is 0 Å². The molecule has 2 aromatic rings. The van der Waals surface area contributed by atoms with Crippen molar-refractivity contribution in [1.29, 1.82) is 0 Å². The Bertz CT molecular complexity index is 555. The van der Waals surface area contributed by atoms with Crippen LogP contribution in [0.1, 0.15) is 28.2 Å². The van der Waals surface area contributed by atoms with E-state index >= 15 is 0 Å². The zero-order chi connectivity index (χ0) is 13.1. The number of nitrogens with zero attached hydrogens (tertiary/aromatic N) is 2. The molecule has 0 atom stereocenters. The fourth-order valence-corrected chi connectivity index (χ4v) is 2.51. The molecule has 1 aromatic carbocycles. The Hall–Kier alpha value is -1.42. The second kappa shape index (κ2) is 5.48. The lowest BCUT2D eigenvalue weighted by Gasteiger charge is -2.04. The summed E-state index contributed by atoms with van der Waals surface area (Å²) in [5.41, 5.74) is 1.85. The summed E-state index contributed by atoms with van der Waals surface area (Å²) in [7, 11) is 1.94. The summed E-state index contributed by atoms with van der Waals surface area (Å²) in [5.74, 6) is 1.09. The van der Waals surface area contributed by atoms with E-state index in [1.54, 1.807) is 6.20 Å². The van der Waals surface area contributed by atoms with E-state index in [0.29, 0.717) is 12.8 Å². The molecular formula is C14H15BrN2O. The fraction of sp³-hybridized carbons (Fsp3) is 0.286. The van der Waals surface area contributed by atoms with E-state index in [0.717, 1.165) is 21.4 Å². The molecule has 0 saturated carbocycles. The van der Waals surface area contributed by atoms with Crippen molar-refractivity contribution in [3.63, 3.8) is 0 Å². The van der Waals surface area contributed by atoms with Crippen molar-refractivity contribution in [3.05, 3.63) is 52.0 Å². The van der Waals surface area contributed by atoms with Crippen LogP contribution in [0.3, 0.4) is 0 Å². The zero-order valence-corrected chi connectivity index (χ0v) is 12.1. The Morgan fingerprint density at radius 3 is 2.78 bits per heavy atom. The van der Waals surface area contributed by atoms with Crippen molar-refractivity contribution < 1.29 is 4.79 Å². The third kappa shape index (κ3) is 3.07. The number of carbonyl (C=O) groups is 1. The summed E-state index contributed by atoms with van der Waals surface area (Å²) >= 11 is 3.41. The van der Waals surface area contributed by atoms with E-state index in [1.165, 1.54) is 0 Å². The van der Waals surface area contributed by atoms with Crippen molar-refractivity contribution in [1.82, 2.24) is 9.55 Å². The Morgan fingerprint density at radius 1 is 1.39 bits per heavy atom. The molecule has 0 bridgehead atoms. The molecule has 94 valence electrons. The van der Waals surface area contributed by atoms with Gasteiger partial charge in [-0.3, -0.25) is 4.79 Å². The van der Waals surface area contributed by atoms with Gasteiger partial charge < -0.3 is 4.57 Å². The van der Waals surface area contributed by atoms with E-state index in [-0.39, 0.29) is 5.78 Å². The van der Waals surface area contributed by atoms with Crippen molar-refractivity contribution in [2.24, 2.45) is 7.05 Å². The molecule has 0 radical (unpaired) electrons. The van der Waals surface area contributed by atoms with Gasteiger partial charge in [-0.05, 0) is 30.7 Å². The second-order valence-electron chi connectivity index (χ2n) is 4.39. The van der Waals surface area contributed by atoms with Gasteiger partial charge >= 0.3 is 0 Å². The van der Waals surface area contributed by atoms with Crippen LogP contribution < -0.4 is 0 Å². The highest BCUT2D eigenvalue weighted by Gasteiger charge is 2.09. The van der Waals surface area contributed by atoms with Crippen LogP contribution in [0, 0.1) is 6.92 Å². The van der Waals surface area contributed by atoms with E-state index < -0.39 is 0 Å². The first-order valence-corrected chi connectivity index (χ1v) is 6.62. The van der Waals surface area contributed by atoms with Gasteiger partial charge in [-0.15, -0.1) is 0 Å². The molecule has 0 amide bonds. The summed E-state index contributed by atoms with van der Waals surface area (Å²) in [6, 6.07) is 5.79. The van der Waals surface area contributed by atoms with Gasteiger partial charge in [-0.1, -0.05) is 15.9 Å². The first kappa shape index (κ1) is 13.0. The molecule has 4 heteroatoms. The van der Waals surface area contributed by atoms with E-state index in [4.69, 9.17) is 0 Å². The lowest BCUT2D eigenvalue weighted by molar-refractivity contribution is 0.0982. The van der Waals surface area contributed by atoms with Gasteiger partial charge in [-0.25, -0.2) is 4.98 Å². The Labute approximate surface area is 115 Å². The van der Waals surface area contributed by atoms with Gasteiger partial charge in [0.2, 0.25) is 0 Å². The lowest BCUT2D eigenvalue weighted by atomic mass is 10.0. The predicted molar refractivity (Wildman–Crippen MR) is 74.7 cm³/mol. The number of hydrogen-bond donors (Lipinski definition) is 0. The van der Waals surface area contributed by atoms with Crippen molar-refractivity contribution in [2.45, 2.75) is 19.8 Å². The average molecular weight is 307 g/mol. The summed E-state index contributed by atoms with van der Waals surface area (Å²) in [6.45, 7) is 1.99. The molecule has 18 heavy (non-hydrogen) atoms. The van der Waals surface area contributed by atoms with Gasteiger partial charge in [-0.2, -0.15) is 0 Å². The molecule has 1 heterocycles. The van der Waals surface area contributed by atoms with E-state index in [2.05, 4.69) is 20.9 Å². The lowest BCUT2D eigenvalue weighted by Crippen LogP contribution is -2.05. The molecule has 0 aliphatic heterocycles. The Balaban J connectivity index is 2.06. The first-order chi connectivity index (χ1) is 8.56.